The Morgan fingerprint density at radius 1 is 0.759 bits per heavy atom. The predicted molar refractivity (Wildman–Crippen MR) is 123 cm³/mol. The second kappa shape index (κ2) is 9.28. The van der Waals surface area contributed by atoms with Gasteiger partial charge in [-0.2, -0.15) is 0 Å². The molecule has 0 amide bonds. The van der Waals surface area contributed by atoms with Crippen molar-refractivity contribution in [3.05, 3.63) is 102 Å². The molecule has 0 saturated carbocycles. The second-order valence-corrected chi connectivity index (χ2v) is 8.47. The van der Waals surface area contributed by atoms with Crippen molar-refractivity contribution in [3.8, 4) is 0 Å². The average molecular weight is 385 g/mol. The minimum absolute atomic E-state index is 0.499. The van der Waals surface area contributed by atoms with E-state index in [1.807, 2.05) is 0 Å². The van der Waals surface area contributed by atoms with Crippen LogP contribution in [0.25, 0.3) is 0 Å². The number of piperidine rings is 1. The first-order valence-corrected chi connectivity index (χ1v) is 10.8. The van der Waals surface area contributed by atoms with E-state index in [2.05, 4.69) is 109 Å². The third kappa shape index (κ3) is 4.89. The molecule has 0 N–H and O–H groups in total. The van der Waals surface area contributed by atoms with Gasteiger partial charge in [0, 0.05) is 32.2 Å². The highest BCUT2D eigenvalue weighted by atomic mass is 15.1. The van der Waals surface area contributed by atoms with Crippen LogP contribution in [0.15, 0.2) is 84.9 Å². The number of benzene rings is 3. The number of likely N-dealkylation sites (tertiary alicyclic amines) is 1. The molecule has 4 rings (SSSR count). The van der Waals surface area contributed by atoms with E-state index in [1.54, 1.807) is 0 Å². The number of rotatable bonds is 6. The molecule has 0 aromatic heterocycles. The van der Waals surface area contributed by atoms with Crippen LogP contribution in [0.3, 0.4) is 0 Å². The van der Waals surface area contributed by atoms with E-state index < -0.39 is 0 Å². The molecular formula is C27H32N2. The molecule has 1 aliphatic rings. The minimum atomic E-state index is 0.499. The Balaban J connectivity index is 1.43. The van der Waals surface area contributed by atoms with Crippen molar-refractivity contribution in [2.45, 2.75) is 25.3 Å². The molecule has 150 valence electrons. The topological polar surface area (TPSA) is 6.48 Å². The van der Waals surface area contributed by atoms with Gasteiger partial charge in [-0.1, -0.05) is 72.8 Å². The molecule has 0 unspecified atom stereocenters. The standard InChI is InChI=1S/C27H32N2/c1-28(2)26-15-13-22(14-16-26)21-29-19-17-25(18-20-29)27(23-9-5-3-6-10-23)24-11-7-4-8-12-24/h3-16,25,27H,17-21H2,1-2H3. The van der Waals surface area contributed by atoms with E-state index in [4.69, 9.17) is 0 Å². The largest absolute Gasteiger partial charge is 0.378 e. The summed E-state index contributed by atoms with van der Waals surface area (Å²) in [6.45, 7) is 3.41. The van der Waals surface area contributed by atoms with E-state index >= 15 is 0 Å². The summed E-state index contributed by atoms with van der Waals surface area (Å²) in [5.74, 6) is 1.20. The highest BCUT2D eigenvalue weighted by Gasteiger charge is 2.28. The fraction of sp³-hybridized carbons (Fsp3) is 0.333. The molecule has 1 aliphatic heterocycles. The first kappa shape index (κ1) is 19.7. The zero-order chi connectivity index (χ0) is 20.1. The van der Waals surface area contributed by atoms with Crippen LogP contribution in [0.2, 0.25) is 0 Å². The molecule has 0 radical (unpaired) electrons. The lowest BCUT2D eigenvalue weighted by molar-refractivity contribution is 0.168. The summed E-state index contributed by atoms with van der Waals surface area (Å²) in [6.07, 6.45) is 2.51. The molecule has 2 nitrogen and oxygen atoms in total. The maximum absolute atomic E-state index is 2.62. The zero-order valence-electron chi connectivity index (χ0n) is 17.7. The van der Waals surface area contributed by atoms with Crippen molar-refractivity contribution in [3.63, 3.8) is 0 Å². The summed E-state index contributed by atoms with van der Waals surface area (Å²) in [7, 11) is 4.19. The Kier molecular flexibility index (Phi) is 6.31. The highest BCUT2D eigenvalue weighted by molar-refractivity contribution is 5.46. The van der Waals surface area contributed by atoms with Crippen LogP contribution in [0.4, 0.5) is 5.69 Å². The molecule has 1 saturated heterocycles. The monoisotopic (exact) mass is 384 g/mol. The van der Waals surface area contributed by atoms with Gasteiger partial charge in [0.2, 0.25) is 0 Å². The SMILES string of the molecule is CN(C)c1ccc(CN2CCC(C(c3ccccc3)c3ccccc3)CC2)cc1. The van der Waals surface area contributed by atoms with Crippen LogP contribution in [-0.2, 0) is 6.54 Å². The molecule has 2 heteroatoms. The molecule has 1 fully saturated rings. The average Bonchev–Trinajstić information content (AvgIpc) is 2.77. The van der Waals surface area contributed by atoms with Gasteiger partial charge in [0.25, 0.3) is 0 Å². The number of anilines is 1. The van der Waals surface area contributed by atoms with Gasteiger partial charge in [-0.05, 0) is 60.7 Å². The van der Waals surface area contributed by atoms with Crippen LogP contribution in [0.5, 0.6) is 0 Å². The van der Waals surface area contributed by atoms with E-state index in [1.165, 1.54) is 48.3 Å². The van der Waals surface area contributed by atoms with Gasteiger partial charge >= 0.3 is 0 Å². The third-order valence-electron chi connectivity index (χ3n) is 6.28. The smallest absolute Gasteiger partial charge is 0.0361 e. The summed E-state index contributed by atoms with van der Waals surface area (Å²) in [5.41, 5.74) is 5.59. The van der Waals surface area contributed by atoms with E-state index in [0.717, 1.165) is 6.54 Å². The number of hydrogen-bond acceptors (Lipinski definition) is 2. The molecule has 3 aromatic carbocycles. The molecule has 1 heterocycles. The summed E-state index contributed by atoms with van der Waals surface area (Å²) in [6, 6.07) is 31.2. The molecule has 0 atom stereocenters. The molecule has 29 heavy (non-hydrogen) atoms. The van der Waals surface area contributed by atoms with E-state index in [-0.39, 0.29) is 0 Å². The van der Waals surface area contributed by atoms with Gasteiger partial charge in [0.05, 0.1) is 0 Å². The lowest BCUT2D eigenvalue weighted by atomic mass is 9.76. The molecule has 0 bridgehead atoms. The summed E-state index contributed by atoms with van der Waals surface area (Å²) >= 11 is 0. The Labute approximate surface area is 175 Å². The Bertz CT molecular complexity index is 824. The molecular weight excluding hydrogens is 352 g/mol. The van der Waals surface area contributed by atoms with Crippen LogP contribution in [-0.4, -0.2) is 32.1 Å². The highest BCUT2D eigenvalue weighted by Crippen LogP contribution is 2.38. The summed E-state index contributed by atoms with van der Waals surface area (Å²) in [4.78, 5) is 4.77. The number of nitrogens with zero attached hydrogens (tertiary/aromatic N) is 2. The van der Waals surface area contributed by atoms with Gasteiger partial charge in [0.1, 0.15) is 0 Å². The van der Waals surface area contributed by atoms with Crippen LogP contribution in [0, 0.1) is 5.92 Å². The first-order chi connectivity index (χ1) is 14.2. The summed E-state index contributed by atoms with van der Waals surface area (Å²) in [5, 5.41) is 0. The van der Waals surface area contributed by atoms with Crippen LogP contribution < -0.4 is 4.90 Å². The first-order valence-electron chi connectivity index (χ1n) is 10.8. The second-order valence-electron chi connectivity index (χ2n) is 8.47. The fourth-order valence-corrected chi connectivity index (χ4v) is 4.66. The Morgan fingerprint density at radius 2 is 1.28 bits per heavy atom. The Hall–Kier alpha value is -2.58. The van der Waals surface area contributed by atoms with Gasteiger partial charge < -0.3 is 4.90 Å². The van der Waals surface area contributed by atoms with Crippen molar-refractivity contribution in [2.75, 3.05) is 32.1 Å². The Morgan fingerprint density at radius 3 is 1.76 bits per heavy atom. The minimum Gasteiger partial charge on any atom is -0.378 e. The molecule has 0 aliphatic carbocycles. The van der Waals surface area contributed by atoms with Gasteiger partial charge in [-0.3, -0.25) is 4.90 Å². The van der Waals surface area contributed by atoms with Crippen molar-refractivity contribution in [2.24, 2.45) is 5.92 Å². The zero-order valence-corrected chi connectivity index (χ0v) is 17.7. The van der Waals surface area contributed by atoms with Crippen molar-refractivity contribution < 1.29 is 0 Å². The van der Waals surface area contributed by atoms with Gasteiger partial charge in [-0.25, -0.2) is 0 Å². The maximum atomic E-state index is 2.62. The number of hydrogen-bond donors (Lipinski definition) is 0. The van der Waals surface area contributed by atoms with Crippen molar-refractivity contribution in [1.82, 2.24) is 4.90 Å². The van der Waals surface area contributed by atoms with Gasteiger partial charge in [-0.15, -0.1) is 0 Å². The summed E-state index contributed by atoms with van der Waals surface area (Å²) < 4.78 is 0. The molecule has 0 spiro atoms. The van der Waals surface area contributed by atoms with Crippen LogP contribution >= 0.6 is 0 Å². The lowest BCUT2D eigenvalue weighted by Crippen LogP contribution is -2.35. The van der Waals surface area contributed by atoms with Crippen molar-refractivity contribution in [1.29, 1.82) is 0 Å². The quantitative estimate of drug-likeness (QED) is 0.530. The normalized spacial score (nSPS) is 15.6. The fourth-order valence-electron chi connectivity index (χ4n) is 4.66. The van der Waals surface area contributed by atoms with E-state index in [9.17, 15) is 0 Å². The predicted octanol–water partition coefficient (Wildman–Crippen LogP) is 5.80. The van der Waals surface area contributed by atoms with Crippen molar-refractivity contribution >= 4 is 5.69 Å². The van der Waals surface area contributed by atoms with E-state index in [0.29, 0.717) is 11.8 Å². The third-order valence-corrected chi connectivity index (χ3v) is 6.28. The van der Waals surface area contributed by atoms with Crippen LogP contribution in [0.1, 0.15) is 35.4 Å². The molecule has 3 aromatic rings. The maximum Gasteiger partial charge on any atom is 0.0361 e. The van der Waals surface area contributed by atoms with Gasteiger partial charge in [0.15, 0.2) is 0 Å². The lowest BCUT2D eigenvalue weighted by Gasteiger charge is -2.36.